The highest BCUT2D eigenvalue weighted by Crippen LogP contribution is 2.32. The zero-order chi connectivity index (χ0) is 16.4. The monoisotopic (exact) mass is 343 g/mol. The average molecular weight is 344 g/mol. The summed E-state index contributed by atoms with van der Waals surface area (Å²) in [5.74, 6) is 0. The van der Waals surface area contributed by atoms with Crippen LogP contribution in [0.4, 0.5) is 0 Å². The van der Waals surface area contributed by atoms with Crippen LogP contribution in [0.2, 0.25) is 5.02 Å². The molecule has 126 valence electrons. The minimum atomic E-state index is 0.168. The van der Waals surface area contributed by atoms with Gasteiger partial charge in [0.2, 0.25) is 0 Å². The van der Waals surface area contributed by atoms with Crippen LogP contribution >= 0.6 is 11.6 Å². The molecule has 0 aromatic heterocycles. The molecule has 0 radical (unpaired) electrons. The Labute approximate surface area is 147 Å². The average Bonchev–Trinajstić information content (AvgIpc) is 3.13. The lowest BCUT2D eigenvalue weighted by atomic mass is 9.96. The van der Waals surface area contributed by atoms with Gasteiger partial charge in [-0.15, -0.1) is 0 Å². The van der Waals surface area contributed by atoms with Crippen LogP contribution in [0.1, 0.15) is 41.3 Å². The summed E-state index contributed by atoms with van der Waals surface area (Å²) < 4.78 is 5.81. The van der Waals surface area contributed by atoms with E-state index in [1.54, 1.807) is 0 Å². The third-order valence-corrected chi connectivity index (χ3v) is 5.03. The van der Waals surface area contributed by atoms with Gasteiger partial charge in [0.05, 0.1) is 12.7 Å². The van der Waals surface area contributed by atoms with Crippen molar-refractivity contribution in [2.45, 2.75) is 24.6 Å². The van der Waals surface area contributed by atoms with E-state index in [1.807, 2.05) is 18.2 Å². The largest absolute Gasteiger partial charge is 0.371 e. The van der Waals surface area contributed by atoms with E-state index in [2.05, 4.69) is 46.5 Å². The summed E-state index contributed by atoms with van der Waals surface area (Å²) in [6.07, 6.45) is 1.17. The molecule has 4 nitrogen and oxygen atoms in total. The molecular formula is C19H22ClN3O. The lowest BCUT2D eigenvalue weighted by Gasteiger charge is -2.24. The first-order valence-electron chi connectivity index (χ1n) is 8.48. The summed E-state index contributed by atoms with van der Waals surface area (Å²) in [4.78, 5) is 0. The zero-order valence-electron chi connectivity index (χ0n) is 13.5. The minimum Gasteiger partial charge on any atom is -0.371 e. The number of morpholine rings is 1. The summed E-state index contributed by atoms with van der Waals surface area (Å²) in [7, 11) is 0. The van der Waals surface area contributed by atoms with Crippen molar-refractivity contribution >= 4 is 11.6 Å². The van der Waals surface area contributed by atoms with E-state index in [0.717, 1.165) is 31.1 Å². The van der Waals surface area contributed by atoms with Crippen molar-refractivity contribution in [1.29, 1.82) is 0 Å². The molecule has 3 N–H and O–H groups in total. The number of nitrogens with one attached hydrogen (secondary N) is 3. The van der Waals surface area contributed by atoms with Crippen LogP contribution in [-0.4, -0.2) is 19.7 Å². The molecule has 2 fully saturated rings. The summed E-state index contributed by atoms with van der Waals surface area (Å²) in [6.45, 7) is 2.61. The lowest BCUT2D eigenvalue weighted by Crippen LogP contribution is -2.33. The molecule has 0 saturated carbocycles. The van der Waals surface area contributed by atoms with Gasteiger partial charge in [0, 0.05) is 30.2 Å². The standard InChI is InChI=1S/C19H22ClN3O/c20-16-3-1-2-15(10-16)18-11-17(22-23-18)13-4-6-14(7-5-13)19-12-21-8-9-24-19/h1-7,10,17-19,21-23H,8-9,11-12H2. The number of halogens is 1. The van der Waals surface area contributed by atoms with Gasteiger partial charge in [-0.25, -0.2) is 10.9 Å². The highest BCUT2D eigenvalue weighted by atomic mass is 35.5. The molecule has 0 spiro atoms. The van der Waals surface area contributed by atoms with Crippen molar-refractivity contribution in [1.82, 2.24) is 16.2 Å². The second-order valence-electron chi connectivity index (χ2n) is 6.41. The number of benzene rings is 2. The van der Waals surface area contributed by atoms with Crippen molar-refractivity contribution in [2.75, 3.05) is 19.7 Å². The fourth-order valence-electron chi connectivity index (χ4n) is 3.44. The van der Waals surface area contributed by atoms with Crippen LogP contribution in [0.15, 0.2) is 48.5 Å². The third-order valence-electron chi connectivity index (χ3n) is 4.79. The molecule has 3 unspecified atom stereocenters. The van der Waals surface area contributed by atoms with Crippen molar-refractivity contribution in [2.24, 2.45) is 0 Å². The summed E-state index contributed by atoms with van der Waals surface area (Å²) in [5.41, 5.74) is 10.5. The van der Waals surface area contributed by atoms with Crippen LogP contribution in [0.5, 0.6) is 0 Å². The molecule has 24 heavy (non-hydrogen) atoms. The van der Waals surface area contributed by atoms with E-state index in [4.69, 9.17) is 16.3 Å². The fourth-order valence-corrected chi connectivity index (χ4v) is 3.64. The van der Waals surface area contributed by atoms with Gasteiger partial charge in [-0.2, -0.15) is 0 Å². The van der Waals surface area contributed by atoms with Gasteiger partial charge in [0.25, 0.3) is 0 Å². The highest BCUT2D eigenvalue weighted by molar-refractivity contribution is 6.30. The molecule has 4 rings (SSSR count). The second kappa shape index (κ2) is 7.21. The summed E-state index contributed by atoms with van der Waals surface area (Å²) >= 11 is 6.10. The number of hydrazine groups is 1. The Hall–Kier alpha value is -1.43. The lowest BCUT2D eigenvalue weighted by molar-refractivity contribution is 0.0277. The number of hydrogen-bond donors (Lipinski definition) is 3. The Morgan fingerprint density at radius 1 is 0.917 bits per heavy atom. The van der Waals surface area contributed by atoms with E-state index in [1.165, 1.54) is 16.7 Å². The van der Waals surface area contributed by atoms with Gasteiger partial charge < -0.3 is 10.1 Å². The maximum atomic E-state index is 6.10. The predicted octanol–water partition coefficient (Wildman–Crippen LogP) is 3.28. The summed E-state index contributed by atoms with van der Waals surface area (Å²) in [6, 6.07) is 17.4. The van der Waals surface area contributed by atoms with Crippen LogP contribution in [-0.2, 0) is 4.74 Å². The van der Waals surface area contributed by atoms with Crippen molar-refractivity contribution in [3.05, 3.63) is 70.2 Å². The smallest absolute Gasteiger partial charge is 0.0949 e. The molecule has 2 aliphatic heterocycles. The molecule has 0 amide bonds. The van der Waals surface area contributed by atoms with Crippen molar-refractivity contribution < 1.29 is 4.74 Å². The zero-order valence-corrected chi connectivity index (χ0v) is 14.2. The van der Waals surface area contributed by atoms with Crippen LogP contribution in [0.25, 0.3) is 0 Å². The first-order valence-corrected chi connectivity index (χ1v) is 8.86. The Balaban J connectivity index is 1.43. The van der Waals surface area contributed by atoms with Crippen molar-refractivity contribution in [3.8, 4) is 0 Å². The molecule has 2 aliphatic rings. The van der Waals surface area contributed by atoms with Crippen LogP contribution < -0.4 is 16.2 Å². The summed E-state index contributed by atoms with van der Waals surface area (Å²) in [5, 5.41) is 4.15. The minimum absolute atomic E-state index is 0.168. The quantitative estimate of drug-likeness (QED) is 0.800. The molecule has 3 atom stereocenters. The molecule has 2 aromatic rings. The van der Waals surface area contributed by atoms with Gasteiger partial charge in [-0.1, -0.05) is 48.0 Å². The van der Waals surface area contributed by atoms with E-state index < -0.39 is 0 Å². The van der Waals surface area contributed by atoms with Gasteiger partial charge in [0.1, 0.15) is 0 Å². The van der Waals surface area contributed by atoms with E-state index in [-0.39, 0.29) is 12.1 Å². The topological polar surface area (TPSA) is 45.3 Å². The highest BCUT2D eigenvalue weighted by Gasteiger charge is 2.26. The van der Waals surface area contributed by atoms with Gasteiger partial charge in [0.15, 0.2) is 0 Å². The maximum Gasteiger partial charge on any atom is 0.0949 e. The Bertz CT molecular complexity index is 685. The Kier molecular flexibility index (Phi) is 4.83. The third kappa shape index (κ3) is 3.48. The fraction of sp³-hybridized carbons (Fsp3) is 0.368. The second-order valence-corrected chi connectivity index (χ2v) is 6.85. The molecule has 2 aromatic carbocycles. The van der Waals surface area contributed by atoms with E-state index in [9.17, 15) is 0 Å². The van der Waals surface area contributed by atoms with Gasteiger partial charge >= 0.3 is 0 Å². The Morgan fingerprint density at radius 2 is 1.67 bits per heavy atom. The van der Waals surface area contributed by atoms with Gasteiger partial charge in [-0.05, 0) is 35.2 Å². The number of hydrogen-bond acceptors (Lipinski definition) is 4. The molecule has 2 heterocycles. The van der Waals surface area contributed by atoms with Crippen LogP contribution in [0, 0.1) is 0 Å². The molecule has 0 bridgehead atoms. The van der Waals surface area contributed by atoms with Gasteiger partial charge in [-0.3, -0.25) is 0 Å². The molecular weight excluding hydrogens is 322 g/mol. The normalized spacial score (nSPS) is 27.3. The number of ether oxygens (including phenoxy) is 1. The molecule has 5 heteroatoms. The first kappa shape index (κ1) is 16.1. The van der Waals surface area contributed by atoms with E-state index in [0.29, 0.717) is 6.04 Å². The number of rotatable bonds is 3. The Morgan fingerprint density at radius 3 is 2.38 bits per heavy atom. The maximum absolute atomic E-state index is 6.10. The van der Waals surface area contributed by atoms with Crippen LogP contribution in [0.3, 0.4) is 0 Å². The first-order chi connectivity index (χ1) is 11.8. The van der Waals surface area contributed by atoms with Crippen molar-refractivity contribution in [3.63, 3.8) is 0 Å². The van der Waals surface area contributed by atoms with E-state index >= 15 is 0 Å². The molecule has 2 saturated heterocycles. The predicted molar refractivity (Wildman–Crippen MR) is 95.8 cm³/mol. The molecule has 0 aliphatic carbocycles. The SMILES string of the molecule is Clc1cccc(C2CC(c3ccc(C4CNCCO4)cc3)NN2)c1.